The summed E-state index contributed by atoms with van der Waals surface area (Å²) in [5.41, 5.74) is 0.364. The maximum absolute atomic E-state index is 12.2. The summed E-state index contributed by atoms with van der Waals surface area (Å²) in [5.74, 6) is 0.244. The van der Waals surface area contributed by atoms with Gasteiger partial charge in [-0.1, -0.05) is 0 Å². The minimum absolute atomic E-state index is 0.133. The molecule has 15 heavy (non-hydrogen) atoms. The quantitative estimate of drug-likeness (QED) is 0.820. The molecule has 0 amide bonds. The van der Waals surface area contributed by atoms with E-state index in [4.69, 9.17) is 16.6 Å². The first-order valence-corrected chi connectivity index (χ1v) is 4.41. The van der Waals surface area contributed by atoms with E-state index in [9.17, 15) is 8.78 Å². The van der Waals surface area contributed by atoms with Gasteiger partial charge in [-0.15, -0.1) is 0 Å². The molecular formula is C7H6F2N4OS. The van der Waals surface area contributed by atoms with Crippen LogP contribution in [0.2, 0.25) is 0 Å². The molecule has 0 aliphatic carbocycles. The third kappa shape index (κ3) is 1.94. The van der Waals surface area contributed by atoms with Crippen molar-refractivity contribution in [2.75, 3.05) is 0 Å². The van der Waals surface area contributed by atoms with Gasteiger partial charge in [-0.2, -0.15) is 5.10 Å². The average Bonchev–Trinajstić information content (AvgIpc) is 2.76. The molecule has 0 aliphatic rings. The maximum Gasteiger partial charge on any atom is 0.256 e. The van der Waals surface area contributed by atoms with Crippen molar-refractivity contribution in [3.63, 3.8) is 0 Å². The Morgan fingerprint density at radius 3 is 3.00 bits per heavy atom. The summed E-state index contributed by atoms with van der Waals surface area (Å²) in [7, 11) is 0. The topological polar surface area (TPSA) is 59.6 Å². The fourth-order valence-electron chi connectivity index (χ4n) is 1.14. The zero-order chi connectivity index (χ0) is 10.8. The van der Waals surface area contributed by atoms with Gasteiger partial charge in [0.2, 0.25) is 0 Å². The highest BCUT2D eigenvalue weighted by Crippen LogP contribution is 2.15. The lowest BCUT2D eigenvalue weighted by atomic mass is 10.4. The molecule has 2 aromatic rings. The van der Waals surface area contributed by atoms with E-state index in [2.05, 4.69) is 15.2 Å². The summed E-state index contributed by atoms with van der Waals surface area (Å²) in [6.45, 7) is -0.516. The number of aromatic amines is 1. The van der Waals surface area contributed by atoms with Crippen LogP contribution in [-0.2, 0) is 6.54 Å². The summed E-state index contributed by atoms with van der Waals surface area (Å²) in [6.07, 6.45) is 0.00659. The van der Waals surface area contributed by atoms with Crippen LogP contribution < -0.4 is 0 Å². The van der Waals surface area contributed by atoms with Gasteiger partial charge in [0.1, 0.15) is 12.0 Å². The van der Waals surface area contributed by atoms with Crippen molar-refractivity contribution in [2.45, 2.75) is 13.0 Å². The molecule has 2 aromatic heterocycles. The van der Waals surface area contributed by atoms with Gasteiger partial charge in [0.25, 0.3) is 6.43 Å². The van der Waals surface area contributed by atoms with E-state index in [-0.39, 0.29) is 10.6 Å². The second-order valence-electron chi connectivity index (χ2n) is 2.73. The van der Waals surface area contributed by atoms with Gasteiger partial charge in [-0.25, -0.2) is 13.8 Å². The van der Waals surface area contributed by atoms with Crippen molar-refractivity contribution in [2.24, 2.45) is 0 Å². The van der Waals surface area contributed by atoms with E-state index < -0.39 is 13.0 Å². The van der Waals surface area contributed by atoms with Gasteiger partial charge in [0.15, 0.2) is 17.0 Å². The molecule has 1 N–H and O–H groups in total. The molecular weight excluding hydrogens is 226 g/mol. The van der Waals surface area contributed by atoms with Gasteiger partial charge in [-0.05, 0) is 12.2 Å². The lowest BCUT2D eigenvalue weighted by Crippen LogP contribution is -2.08. The van der Waals surface area contributed by atoms with Crippen molar-refractivity contribution in [3.05, 3.63) is 17.4 Å². The molecule has 80 valence electrons. The van der Waals surface area contributed by atoms with E-state index in [0.29, 0.717) is 5.69 Å². The molecule has 8 heteroatoms. The summed E-state index contributed by atoms with van der Waals surface area (Å²) in [4.78, 5) is 3.81. The molecule has 0 bridgehead atoms. The number of rotatable bonds is 3. The van der Waals surface area contributed by atoms with Gasteiger partial charge in [0, 0.05) is 0 Å². The third-order valence-corrected chi connectivity index (χ3v) is 2.05. The fourth-order valence-corrected chi connectivity index (χ4v) is 1.35. The van der Waals surface area contributed by atoms with Crippen molar-refractivity contribution in [1.82, 2.24) is 19.7 Å². The largest absolute Gasteiger partial charge is 0.451 e. The van der Waals surface area contributed by atoms with E-state index in [1.54, 1.807) is 0 Å². The summed E-state index contributed by atoms with van der Waals surface area (Å²) in [6, 6.07) is 0. The van der Waals surface area contributed by atoms with Gasteiger partial charge < -0.3 is 4.42 Å². The zero-order valence-corrected chi connectivity index (χ0v) is 8.17. The zero-order valence-electron chi connectivity index (χ0n) is 7.35. The van der Waals surface area contributed by atoms with Crippen LogP contribution in [0, 0.1) is 4.77 Å². The Bertz CT molecular complexity index is 489. The lowest BCUT2D eigenvalue weighted by Gasteiger charge is -2.02. The van der Waals surface area contributed by atoms with Crippen molar-refractivity contribution in [1.29, 1.82) is 0 Å². The van der Waals surface area contributed by atoms with Crippen LogP contribution in [0.25, 0.3) is 11.5 Å². The van der Waals surface area contributed by atoms with Crippen molar-refractivity contribution < 1.29 is 13.2 Å². The van der Waals surface area contributed by atoms with Crippen molar-refractivity contribution >= 4 is 12.2 Å². The van der Waals surface area contributed by atoms with Crippen LogP contribution in [-0.4, -0.2) is 26.2 Å². The minimum Gasteiger partial charge on any atom is -0.451 e. The molecule has 0 saturated carbocycles. The van der Waals surface area contributed by atoms with Crippen LogP contribution in [0.15, 0.2) is 17.1 Å². The Labute approximate surface area is 87.7 Å². The Morgan fingerprint density at radius 1 is 1.60 bits per heavy atom. The van der Waals surface area contributed by atoms with Crippen LogP contribution in [0.5, 0.6) is 0 Å². The molecule has 2 rings (SSSR count). The third-order valence-electron chi connectivity index (χ3n) is 1.74. The number of oxazole rings is 1. The lowest BCUT2D eigenvalue weighted by molar-refractivity contribution is 0.126. The first kappa shape index (κ1) is 9.97. The molecule has 0 unspecified atom stereocenters. The van der Waals surface area contributed by atoms with Crippen LogP contribution in [0.3, 0.4) is 0 Å². The second kappa shape index (κ2) is 3.89. The number of alkyl halides is 2. The van der Waals surface area contributed by atoms with E-state index in [0.717, 1.165) is 0 Å². The maximum atomic E-state index is 12.2. The number of aromatic nitrogens is 4. The van der Waals surface area contributed by atoms with Gasteiger partial charge in [-0.3, -0.25) is 9.67 Å². The standard InChI is InChI=1S/C7H6F2N4OS/c8-5(9)1-13-6(11-12-7(13)15)4-2-14-3-10-4/h2-3,5H,1H2,(H,12,15). The number of hydrogen-bond acceptors (Lipinski definition) is 4. The van der Waals surface area contributed by atoms with Gasteiger partial charge >= 0.3 is 0 Å². The summed E-state index contributed by atoms with van der Waals surface area (Å²) >= 11 is 4.82. The molecule has 2 heterocycles. The van der Waals surface area contributed by atoms with E-state index >= 15 is 0 Å². The molecule has 0 saturated heterocycles. The molecule has 0 atom stereocenters. The number of hydrogen-bond donors (Lipinski definition) is 1. The number of nitrogens with zero attached hydrogens (tertiary/aromatic N) is 3. The number of H-pyrrole nitrogens is 1. The SMILES string of the molecule is FC(F)Cn1c(-c2cocn2)n[nH]c1=S. The smallest absolute Gasteiger partial charge is 0.256 e. The first-order chi connectivity index (χ1) is 7.18. The number of halogens is 2. The Balaban J connectivity index is 2.45. The Hall–Kier alpha value is -1.57. The average molecular weight is 232 g/mol. The normalized spacial score (nSPS) is 11.1. The monoisotopic (exact) mass is 232 g/mol. The predicted octanol–water partition coefficient (Wildman–Crippen LogP) is 1.86. The van der Waals surface area contributed by atoms with Crippen LogP contribution >= 0.6 is 12.2 Å². The molecule has 0 spiro atoms. The fraction of sp³-hybridized carbons (Fsp3) is 0.286. The summed E-state index contributed by atoms with van der Waals surface area (Å²) in [5, 5.41) is 6.23. The number of nitrogens with one attached hydrogen (secondary N) is 1. The molecule has 5 nitrogen and oxygen atoms in total. The highest BCUT2D eigenvalue weighted by Gasteiger charge is 2.14. The molecule has 0 fully saturated rings. The highest BCUT2D eigenvalue weighted by atomic mass is 32.1. The van der Waals surface area contributed by atoms with E-state index in [1.165, 1.54) is 17.2 Å². The molecule has 0 aromatic carbocycles. The summed E-state index contributed by atoms with van der Waals surface area (Å²) < 4.78 is 30.5. The molecule has 0 aliphatic heterocycles. The first-order valence-electron chi connectivity index (χ1n) is 4.00. The minimum atomic E-state index is -2.50. The van der Waals surface area contributed by atoms with Crippen LogP contribution in [0.1, 0.15) is 0 Å². The van der Waals surface area contributed by atoms with E-state index in [1.807, 2.05) is 0 Å². The van der Waals surface area contributed by atoms with Crippen molar-refractivity contribution in [3.8, 4) is 11.5 Å². The Kier molecular flexibility index (Phi) is 2.58. The van der Waals surface area contributed by atoms with Gasteiger partial charge in [0.05, 0.1) is 6.54 Å². The van der Waals surface area contributed by atoms with Crippen LogP contribution in [0.4, 0.5) is 8.78 Å². The highest BCUT2D eigenvalue weighted by molar-refractivity contribution is 7.71. The Morgan fingerprint density at radius 2 is 2.40 bits per heavy atom. The predicted molar refractivity (Wildman–Crippen MR) is 48.9 cm³/mol. The second-order valence-corrected chi connectivity index (χ2v) is 3.11. The molecule has 0 radical (unpaired) electrons.